The van der Waals surface area contributed by atoms with Crippen LogP contribution in [0.1, 0.15) is 21.7 Å². The zero-order valence-corrected chi connectivity index (χ0v) is 13.6. The molecule has 0 saturated carbocycles. The van der Waals surface area contributed by atoms with Crippen LogP contribution >= 0.6 is 23.2 Å². The van der Waals surface area contributed by atoms with Crippen LogP contribution in [0.3, 0.4) is 0 Å². The highest BCUT2D eigenvalue weighted by Gasteiger charge is 2.15. The molecule has 0 fully saturated rings. The summed E-state index contributed by atoms with van der Waals surface area (Å²) in [6.07, 6.45) is 3.25. The van der Waals surface area contributed by atoms with E-state index in [0.717, 1.165) is 0 Å². The lowest BCUT2D eigenvalue weighted by Gasteiger charge is -2.02. The Morgan fingerprint density at radius 3 is 2.91 bits per heavy atom. The molecule has 3 aromatic rings. The summed E-state index contributed by atoms with van der Waals surface area (Å²) < 4.78 is 1.72. The van der Waals surface area contributed by atoms with Gasteiger partial charge in [-0.15, -0.1) is 0 Å². The van der Waals surface area contributed by atoms with Crippen LogP contribution in [-0.2, 0) is 0 Å². The molecule has 2 aromatic heterocycles. The number of rotatable bonds is 3. The van der Waals surface area contributed by atoms with Gasteiger partial charge in [0.15, 0.2) is 0 Å². The molecule has 0 aliphatic heterocycles. The highest BCUT2D eigenvalue weighted by Crippen LogP contribution is 2.19. The summed E-state index contributed by atoms with van der Waals surface area (Å²) in [5.74, 6) is -0.345. The number of hydrazone groups is 1. The van der Waals surface area contributed by atoms with Crippen molar-refractivity contribution in [1.82, 2.24) is 14.8 Å². The summed E-state index contributed by atoms with van der Waals surface area (Å²) in [7, 11) is 0. The van der Waals surface area contributed by atoms with Crippen LogP contribution in [-0.4, -0.2) is 21.5 Å². The van der Waals surface area contributed by atoms with Gasteiger partial charge in [-0.2, -0.15) is 5.10 Å². The van der Waals surface area contributed by atoms with Gasteiger partial charge < -0.3 is 0 Å². The monoisotopic (exact) mass is 346 g/mol. The van der Waals surface area contributed by atoms with Gasteiger partial charge in [0.25, 0.3) is 5.91 Å². The van der Waals surface area contributed by atoms with Crippen LogP contribution in [0, 0.1) is 6.92 Å². The molecule has 1 aromatic carbocycles. The molecule has 1 amide bonds. The van der Waals surface area contributed by atoms with E-state index in [4.69, 9.17) is 23.2 Å². The molecule has 0 unspecified atom stereocenters. The number of pyridine rings is 1. The Labute approximate surface area is 142 Å². The molecule has 0 saturated heterocycles. The number of carbonyl (C=O) groups excluding carboxylic acids is 1. The SMILES string of the molecule is Cc1nc2ccccn2c1C(=O)N/N=C\c1ccc(Cl)cc1Cl. The van der Waals surface area contributed by atoms with Gasteiger partial charge >= 0.3 is 0 Å². The normalized spacial score (nSPS) is 11.3. The number of imidazole rings is 1. The van der Waals surface area contributed by atoms with E-state index in [2.05, 4.69) is 15.5 Å². The van der Waals surface area contributed by atoms with Crippen LogP contribution in [0.15, 0.2) is 47.7 Å². The molecule has 3 rings (SSSR count). The third-order valence-electron chi connectivity index (χ3n) is 3.25. The lowest BCUT2D eigenvalue weighted by Crippen LogP contribution is -2.20. The molecule has 1 N–H and O–H groups in total. The van der Waals surface area contributed by atoms with Gasteiger partial charge in [-0.25, -0.2) is 10.4 Å². The maximum atomic E-state index is 12.3. The molecule has 0 aliphatic carbocycles. The molecule has 7 heteroatoms. The van der Waals surface area contributed by atoms with Crippen molar-refractivity contribution in [2.75, 3.05) is 0 Å². The molecular weight excluding hydrogens is 335 g/mol. The lowest BCUT2D eigenvalue weighted by molar-refractivity contribution is 0.0948. The smallest absolute Gasteiger partial charge is 0.290 e. The molecule has 2 heterocycles. The third kappa shape index (κ3) is 3.21. The first-order chi connectivity index (χ1) is 11.1. The quantitative estimate of drug-likeness (QED) is 0.580. The van der Waals surface area contributed by atoms with Crippen molar-refractivity contribution in [3.05, 3.63) is 69.6 Å². The van der Waals surface area contributed by atoms with Crippen molar-refractivity contribution in [3.8, 4) is 0 Å². The van der Waals surface area contributed by atoms with E-state index in [-0.39, 0.29) is 5.91 Å². The number of hydrogen-bond acceptors (Lipinski definition) is 3. The van der Waals surface area contributed by atoms with E-state index in [9.17, 15) is 4.79 Å². The topological polar surface area (TPSA) is 58.8 Å². The number of benzene rings is 1. The first-order valence-corrected chi connectivity index (χ1v) is 7.54. The van der Waals surface area contributed by atoms with Crippen molar-refractivity contribution in [3.63, 3.8) is 0 Å². The highest BCUT2D eigenvalue weighted by molar-refractivity contribution is 6.36. The fourth-order valence-corrected chi connectivity index (χ4v) is 2.66. The van der Waals surface area contributed by atoms with Crippen molar-refractivity contribution < 1.29 is 4.79 Å². The molecule has 0 aliphatic rings. The number of fused-ring (bicyclic) bond motifs is 1. The minimum absolute atomic E-state index is 0.345. The van der Waals surface area contributed by atoms with Gasteiger partial charge in [0.2, 0.25) is 0 Å². The third-order valence-corrected chi connectivity index (χ3v) is 3.81. The Hall–Kier alpha value is -2.37. The number of aromatic nitrogens is 2. The van der Waals surface area contributed by atoms with E-state index in [1.165, 1.54) is 6.21 Å². The van der Waals surface area contributed by atoms with Crippen LogP contribution in [0.2, 0.25) is 10.0 Å². The second kappa shape index (κ2) is 6.40. The molecule has 5 nitrogen and oxygen atoms in total. The number of halogens is 2. The van der Waals surface area contributed by atoms with E-state index in [1.807, 2.05) is 18.2 Å². The summed E-state index contributed by atoms with van der Waals surface area (Å²) in [4.78, 5) is 16.7. The van der Waals surface area contributed by atoms with Crippen molar-refractivity contribution in [2.24, 2.45) is 5.10 Å². The average Bonchev–Trinajstić information content (AvgIpc) is 2.85. The summed E-state index contributed by atoms with van der Waals surface area (Å²) in [5.41, 5.74) is 4.93. The van der Waals surface area contributed by atoms with Gasteiger partial charge in [0.05, 0.1) is 16.9 Å². The maximum Gasteiger partial charge on any atom is 0.290 e. The highest BCUT2D eigenvalue weighted by atomic mass is 35.5. The van der Waals surface area contributed by atoms with Crippen molar-refractivity contribution in [1.29, 1.82) is 0 Å². The van der Waals surface area contributed by atoms with Gasteiger partial charge in [-0.3, -0.25) is 9.20 Å². The fraction of sp³-hybridized carbons (Fsp3) is 0.0625. The fourth-order valence-electron chi connectivity index (χ4n) is 2.21. The Bertz CT molecular complexity index is 918. The molecule has 0 radical (unpaired) electrons. The minimum Gasteiger partial charge on any atom is -0.295 e. The van der Waals surface area contributed by atoms with Gasteiger partial charge in [-0.1, -0.05) is 35.3 Å². The van der Waals surface area contributed by atoms with Gasteiger partial charge in [-0.05, 0) is 31.2 Å². The Balaban J connectivity index is 1.81. The van der Waals surface area contributed by atoms with Crippen LogP contribution in [0.25, 0.3) is 5.65 Å². The first kappa shape index (κ1) is 15.5. The first-order valence-electron chi connectivity index (χ1n) is 6.78. The maximum absolute atomic E-state index is 12.3. The number of amides is 1. The minimum atomic E-state index is -0.345. The van der Waals surface area contributed by atoms with Crippen LogP contribution < -0.4 is 5.43 Å². The van der Waals surface area contributed by atoms with Crippen LogP contribution in [0.5, 0.6) is 0 Å². The number of nitrogens with one attached hydrogen (secondary N) is 1. The van der Waals surface area contributed by atoms with E-state index < -0.39 is 0 Å². The number of aryl methyl sites for hydroxylation is 1. The van der Waals surface area contributed by atoms with Gasteiger partial charge in [0, 0.05) is 16.8 Å². The number of carbonyl (C=O) groups is 1. The Morgan fingerprint density at radius 1 is 1.30 bits per heavy atom. The molecule has 116 valence electrons. The molecule has 0 spiro atoms. The molecular formula is C16H12Cl2N4O. The summed E-state index contributed by atoms with van der Waals surface area (Å²) in [5, 5.41) is 4.94. The average molecular weight is 347 g/mol. The van der Waals surface area contributed by atoms with Gasteiger partial charge in [0.1, 0.15) is 11.3 Å². The summed E-state index contributed by atoms with van der Waals surface area (Å²) in [6.45, 7) is 1.78. The van der Waals surface area contributed by atoms with Crippen molar-refractivity contribution >= 4 is 41.0 Å². The second-order valence-corrected chi connectivity index (χ2v) is 5.68. The standard InChI is InChI=1S/C16H12Cl2N4O/c1-10-15(22-7-3-2-4-14(22)20-10)16(23)21-19-9-11-5-6-12(17)8-13(11)18/h2-9H,1H3,(H,21,23)/b19-9-. The summed E-state index contributed by atoms with van der Waals surface area (Å²) in [6, 6.07) is 10.6. The number of nitrogens with zero attached hydrogens (tertiary/aromatic N) is 3. The predicted octanol–water partition coefficient (Wildman–Crippen LogP) is 3.71. The molecule has 0 atom stereocenters. The van der Waals surface area contributed by atoms with E-state index in [1.54, 1.807) is 35.7 Å². The number of hydrogen-bond donors (Lipinski definition) is 1. The largest absolute Gasteiger partial charge is 0.295 e. The Kier molecular flexibility index (Phi) is 4.32. The van der Waals surface area contributed by atoms with Crippen molar-refractivity contribution in [2.45, 2.75) is 6.92 Å². The van der Waals surface area contributed by atoms with E-state index in [0.29, 0.717) is 32.6 Å². The molecule has 23 heavy (non-hydrogen) atoms. The Morgan fingerprint density at radius 2 is 2.13 bits per heavy atom. The molecule has 0 bridgehead atoms. The zero-order chi connectivity index (χ0) is 16.4. The summed E-state index contributed by atoms with van der Waals surface area (Å²) >= 11 is 11.9. The second-order valence-electron chi connectivity index (χ2n) is 4.84. The predicted molar refractivity (Wildman–Crippen MR) is 91.5 cm³/mol. The lowest BCUT2D eigenvalue weighted by atomic mass is 10.2. The zero-order valence-electron chi connectivity index (χ0n) is 12.1. The van der Waals surface area contributed by atoms with Crippen LogP contribution in [0.4, 0.5) is 0 Å². The van der Waals surface area contributed by atoms with E-state index >= 15 is 0 Å².